The van der Waals surface area contributed by atoms with Crippen LogP contribution in [0.5, 0.6) is 5.75 Å². The van der Waals surface area contributed by atoms with Crippen molar-refractivity contribution in [2.75, 3.05) is 20.7 Å². The van der Waals surface area contributed by atoms with Gasteiger partial charge in [0.05, 0.1) is 12.1 Å². The van der Waals surface area contributed by atoms with Crippen molar-refractivity contribution >= 4 is 11.6 Å². The molecule has 0 amide bonds. The smallest absolute Gasteiger partial charge is 0.137 e. The van der Waals surface area contributed by atoms with Crippen molar-refractivity contribution in [1.29, 1.82) is 0 Å². The van der Waals surface area contributed by atoms with Crippen LogP contribution >= 0.6 is 11.6 Å². The van der Waals surface area contributed by atoms with E-state index in [1.165, 1.54) is 12.8 Å². The van der Waals surface area contributed by atoms with Crippen LogP contribution in [0.1, 0.15) is 24.4 Å². The molecular weight excluding hydrogens is 236 g/mol. The quantitative estimate of drug-likeness (QED) is 0.877. The van der Waals surface area contributed by atoms with E-state index < -0.39 is 0 Å². The molecule has 0 bridgehead atoms. The Bertz CT molecular complexity index is 393. The molecule has 2 N–H and O–H groups in total. The van der Waals surface area contributed by atoms with E-state index in [-0.39, 0.29) is 6.04 Å². The molecule has 17 heavy (non-hydrogen) atoms. The first-order valence-corrected chi connectivity index (χ1v) is 6.30. The molecule has 1 aliphatic rings. The third-order valence-electron chi connectivity index (χ3n) is 3.40. The second-order valence-electron chi connectivity index (χ2n) is 4.54. The molecule has 1 aromatic carbocycles. The van der Waals surface area contributed by atoms with Gasteiger partial charge in [-0.05, 0) is 37.6 Å². The van der Waals surface area contributed by atoms with Crippen molar-refractivity contribution in [3.05, 3.63) is 28.8 Å². The van der Waals surface area contributed by atoms with Gasteiger partial charge in [0.1, 0.15) is 5.75 Å². The summed E-state index contributed by atoms with van der Waals surface area (Å²) in [4.78, 5) is 2.35. The third-order valence-corrected chi connectivity index (χ3v) is 3.69. The third kappa shape index (κ3) is 2.73. The van der Waals surface area contributed by atoms with E-state index in [9.17, 15) is 0 Å². The van der Waals surface area contributed by atoms with Gasteiger partial charge in [-0.1, -0.05) is 17.7 Å². The first kappa shape index (κ1) is 12.7. The highest BCUT2D eigenvalue weighted by Gasteiger charge is 2.31. The summed E-state index contributed by atoms with van der Waals surface area (Å²) in [6.07, 6.45) is 2.55. The van der Waals surface area contributed by atoms with Gasteiger partial charge in [-0.25, -0.2) is 0 Å². The van der Waals surface area contributed by atoms with Crippen LogP contribution < -0.4 is 10.5 Å². The van der Waals surface area contributed by atoms with Crippen molar-refractivity contribution in [2.24, 2.45) is 5.73 Å². The molecule has 0 radical (unpaired) electrons. The molecule has 1 atom stereocenters. The lowest BCUT2D eigenvalue weighted by Crippen LogP contribution is -2.32. The van der Waals surface area contributed by atoms with E-state index in [4.69, 9.17) is 22.1 Å². The lowest BCUT2D eigenvalue weighted by Gasteiger charge is -2.27. The van der Waals surface area contributed by atoms with Gasteiger partial charge in [0.25, 0.3) is 0 Å². The summed E-state index contributed by atoms with van der Waals surface area (Å²) in [6.45, 7) is 0.607. The number of rotatable bonds is 5. The maximum absolute atomic E-state index is 6.15. The van der Waals surface area contributed by atoms with Crippen LogP contribution in [0.2, 0.25) is 5.02 Å². The molecule has 0 saturated heterocycles. The number of likely N-dealkylation sites (N-methyl/N-ethyl adjacent to an activating group) is 1. The molecular formula is C13H19ClN2O. The number of nitrogens with zero attached hydrogens (tertiary/aromatic N) is 1. The first-order valence-electron chi connectivity index (χ1n) is 5.92. The molecule has 0 aliphatic heterocycles. The van der Waals surface area contributed by atoms with Crippen LogP contribution in [0.15, 0.2) is 18.2 Å². The minimum atomic E-state index is 0.242. The van der Waals surface area contributed by atoms with Crippen molar-refractivity contribution in [3.63, 3.8) is 0 Å². The number of hydrogen-bond acceptors (Lipinski definition) is 3. The number of halogens is 1. The molecule has 1 unspecified atom stereocenters. The summed E-state index contributed by atoms with van der Waals surface area (Å²) in [5.74, 6) is 0.709. The maximum Gasteiger partial charge on any atom is 0.137 e. The zero-order valence-corrected chi connectivity index (χ0v) is 11.1. The Morgan fingerprint density at radius 2 is 2.24 bits per heavy atom. The van der Waals surface area contributed by atoms with E-state index in [0.717, 1.165) is 5.56 Å². The van der Waals surface area contributed by atoms with Crippen molar-refractivity contribution in [2.45, 2.75) is 24.9 Å². The van der Waals surface area contributed by atoms with Crippen molar-refractivity contribution < 1.29 is 4.74 Å². The van der Waals surface area contributed by atoms with E-state index in [1.807, 2.05) is 18.2 Å². The molecule has 1 aliphatic carbocycles. The Hall–Kier alpha value is -0.770. The fraction of sp³-hybridized carbons (Fsp3) is 0.538. The number of nitrogens with two attached hydrogens (primary N) is 1. The van der Waals surface area contributed by atoms with Gasteiger partial charge in [0.2, 0.25) is 0 Å². The van der Waals surface area contributed by atoms with Gasteiger partial charge in [-0.3, -0.25) is 4.90 Å². The first-order chi connectivity index (χ1) is 8.17. The van der Waals surface area contributed by atoms with E-state index in [1.54, 1.807) is 7.11 Å². The van der Waals surface area contributed by atoms with Gasteiger partial charge in [-0.15, -0.1) is 0 Å². The number of benzene rings is 1. The van der Waals surface area contributed by atoms with Gasteiger partial charge in [0, 0.05) is 18.6 Å². The Labute approximate surface area is 107 Å². The molecule has 1 saturated carbocycles. The highest BCUT2D eigenvalue weighted by Crippen LogP contribution is 2.34. The molecule has 94 valence electrons. The predicted molar refractivity (Wildman–Crippen MR) is 70.6 cm³/mol. The molecule has 0 heterocycles. The molecule has 3 nitrogen and oxygen atoms in total. The molecule has 1 aromatic rings. The molecule has 2 rings (SSSR count). The number of ether oxygens (including phenoxy) is 1. The van der Waals surface area contributed by atoms with Crippen LogP contribution in [-0.4, -0.2) is 31.6 Å². The minimum absolute atomic E-state index is 0.242. The summed E-state index contributed by atoms with van der Waals surface area (Å²) in [7, 11) is 3.75. The zero-order valence-electron chi connectivity index (χ0n) is 10.3. The topological polar surface area (TPSA) is 38.5 Å². The lowest BCUT2D eigenvalue weighted by molar-refractivity contribution is 0.240. The van der Waals surface area contributed by atoms with Crippen molar-refractivity contribution in [1.82, 2.24) is 4.90 Å². The SMILES string of the molecule is COc1ccc(C(CN)N(C)C2CC2)cc1Cl. The summed E-state index contributed by atoms with van der Waals surface area (Å²) < 4.78 is 5.16. The van der Waals surface area contributed by atoms with E-state index in [2.05, 4.69) is 11.9 Å². The van der Waals surface area contributed by atoms with Crippen LogP contribution in [0, 0.1) is 0 Å². The largest absolute Gasteiger partial charge is 0.495 e. The van der Waals surface area contributed by atoms with Crippen molar-refractivity contribution in [3.8, 4) is 5.75 Å². The van der Waals surface area contributed by atoms with Gasteiger partial charge < -0.3 is 10.5 Å². The highest BCUT2D eigenvalue weighted by molar-refractivity contribution is 6.32. The Morgan fingerprint density at radius 1 is 1.53 bits per heavy atom. The maximum atomic E-state index is 6.15. The lowest BCUT2D eigenvalue weighted by atomic mass is 10.1. The predicted octanol–water partition coefficient (Wildman–Crippen LogP) is 2.44. The molecule has 4 heteroatoms. The Morgan fingerprint density at radius 3 is 2.71 bits per heavy atom. The summed E-state index contributed by atoms with van der Waals surface area (Å²) in [5.41, 5.74) is 7.04. The van der Waals surface area contributed by atoms with Gasteiger partial charge in [-0.2, -0.15) is 0 Å². The monoisotopic (exact) mass is 254 g/mol. The normalized spacial score (nSPS) is 17.2. The minimum Gasteiger partial charge on any atom is -0.495 e. The summed E-state index contributed by atoms with van der Waals surface area (Å²) >= 11 is 6.15. The second-order valence-corrected chi connectivity index (χ2v) is 4.95. The van der Waals surface area contributed by atoms with E-state index >= 15 is 0 Å². The standard InChI is InChI=1S/C13H19ClN2O/c1-16(10-4-5-10)12(8-15)9-3-6-13(17-2)11(14)7-9/h3,6-7,10,12H,4-5,8,15H2,1-2H3. The number of hydrogen-bond donors (Lipinski definition) is 1. The second kappa shape index (κ2) is 5.25. The average molecular weight is 255 g/mol. The van der Waals surface area contributed by atoms with Gasteiger partial charge in [0.15, 0.2) is 0 Å². The Kier molecular flexibility index (Phi) is 3.92. The Balaban J connectivity index is 2.21. The van der Waals surface area contributed by atoms with Crippen LogP contribution in [0.4, 0.5) is 0 Å². The fourth-order valence-corrected chi connectivity index (χ4v) is 2.43. The molecule has 0 aromatic heterocycles. The zero-order chi connectivity index (χ0) is 12.4. The van der Waals surface area contributed by atoms with Crippen LogP contribution in [-0.2, 0) is 0 Å². The summed E-state index contributed by atoms with van der Waals surface area (Å²) in [5, 5.41) is 0.646. The summed E-state index contributed by atoms with van der Waals surface area (Å²) in [6, 6.07) is 6.83. The molecule has 0 spiro atoms. The number of methoxy groups -OCH3 is 1. The highest BCUT2D eigenvalue weighted by atomic mass is 35.5. The van der Waals surface area contributed by atoms with Gasteiger partial charge >= 0.3 is 0 Å². The van der Waals surface area contributed by atoms with Crippen LogP contribution in [0.3, 0.4) is 0 Å². The average Bonchev–Trinajstić information content (AvgIpc) is 3.14. The molecule has 1 fully saturated rings. The fourth-order valence-electron chi connectivity index (χ4n) is 2.16. The van der Waals surface area contributed by atoms with Crippen LogP contribution in [0.25, 0.3) is 0 Å². The van der Waals surface area contributed by atoms with E-state index in [0.29, 0.717) is 23.4 Å².